The largest absolute Gasteiger partial charge is 0.467 e. The van der Waals surface area contributed by atoms with E-state index in [4.69, 9.17) is 30.8 Å². The number of anilines is 2. The zero-order valence-electron chi connectivity index (χ0n) is 29.2. The fraction of sp³-hybridized carbons (Fsp3) is 0.500. The first-order chi connectivity index (χ1) is 24.8. The molecule has 4 aromatic rings. The molecular weight excluding hydrogens is 671 g/mol. The van der Waals surface area contributed by atoms with E-state index in [1.165, 1.54) is 18.9 Å². The maximum atomic E-state index is 13.0. The van der Waals surface area contributed by atoms with Gasteiger partial charge in [-0.05, 0) is 69.0 Å². The molecule has 3 atom stereocenters. The zero-order valence-corrected chi connectivity index (χ0v) is 29.9. The Kier molecular flexibility index (Phi) is 9.54. The quantitative estimate of drug-likeness (QED) is 0.210. The van der Waals surface area contributed by atoms with Crippen LogP contribution in [0.1, 0.15) is 67.4 Å². The normalized spacial score (nSPS) is 23.0. The molecule has 2 aromatic heterocycles. The van der Waals surface area contributed by atoms with Gasteiger partial charge in [0.25, 0.3) is 5.89 Å². The first-order valence-electron chi connectivity index (χ1n) is 18.1. The smallest absolute Gasteiger partial charge is 0.318 e. The van der Waals surface area contributed by atoms with Crippen LogP contribution in [0.5, 0.6) is 6.01 Å². The Hall–Kier alpha value is -4.29. The van der Waals surface area contributed by atoms with Crippen LogP contribution in [0.15, 0.2) is 47.0 Å². The number of hydrogen-bond donors (Lipinski definition) is 0. The number of methoxy groups -OCH3 is 1. The van der Waals surface area contributed by atoms with E-state index in [2.05, 4.69) is 49.1 Å². The Morgan fingerprint density at radius 2 is 1.90 bits per heavy atom. The Bertz CT molecular complexity index is 1920. The predicted octanol–water partition coefficient (Wildman–Crippen LogP) is 6.06. The summed E-state index contributed by atoms with van der Waals surface area (Å²) in [7, 11) is 3.64. The molecule has 3 saturated heterocycles. The van der Waals surface area contributed by atoms with Gasteiger partial charge < -0.3 is 24.0 Å². The van der Waals surface area contributed by atoms with Crippen molar-refractivity contribution in [1.29, 1.82) is 0 Å². The molecule has 4 fully saturated rings. The standard InChI is InChI=1S/C31H32ClN7O3.C7H12FN/c1-37(21-13-15-39(17-21)27(40)12-11-26-34-29(36-42-26)20-9-10-20)30-22-14-16-38(18-24(22)33-31(35-30)41-2)25-8-4-6-19-5-3-7-23(32)28(19)25;8-6-4-7-2-1-3-9(7)5-6/h3-8,11-12,20-21H,9-10,13-18H2,1-2H3;6-7H,1-5H2/b12-11+;. The van der Waals surface area contributed by atoms with Crippen LogP contribution in [0.3, 0.4) is 0 Å². The SMILES string of the molecule is COc1nc2c(c(N(C)C3CCN(C(=O)/C=C/c4nc(C5CC5)no4)C3)n1)CCN(c1cccc3cccc(Cl)c13)C2.FC1CC2CCCN2C1. The van der Waals surface area contributed by atoms with Crippen LogP contribution in [-0.4, -0.2) is 101 Å². The van der Waals surface area contributed by atoms with Gasteiger partial charge in [0, 0.05) is 80.0 Å². The molecule has 1 aliphatic carbocycles. The fourth-order valence-electron chi connectivity index (χ4n) is 8.04. The molecule has 4 aliphatic heterocycles. The zero-order chi connectivity index (χ0) is 35.1. The highest BCUT2D eigenvalue weighted by Gasteiger charge is 2.35. The first-order valence-corrected chi connectivity index (χ1v) is 18.5. The summed E-state index contributed by atoms with van der Waals surface area (Å²) < 4.78 is 23.4. The van der Waals surface area contributed by atoms with E-state index in [0.29, 0.717) is 50.0 Å². The number of nitrogens with zero attached hydrogens (tertiary/aromatic N) is 8. The Morgan fingerprint density at radius 3 is 2.71 bits per heavy atom. The topological polar surface area (TPSA) is 104 Å². The van der Waals surface area contributed by atoms with Crippen molar-refractivity contribution in [2.45, 2.75) is 75.7 Å². The molecule has 0 radical (unpaired) electrons. The van der Waals surface area contributed by atoms with Crippen molar-refractivity contribution < 1.29 is 18.4 Å². The van der Waals surface area contributed by atoms with E-state index in [-0.39, 0.29) is 11.9 Å². The number of likely N-dealkylation sites (N-methyl/N-ethyl adjacent to an activating group) is 1. The van der Waals surface area contributed by atoms with Gasteiger partial charge in [0.05, 0.1) is 24.4 Å². The van der Waals surface area contributed by atoms with Crippen molar-refractivity contribution in [3.8, 4) is 6.01 Å². The minimum atomic E-state index is -0.518. The molecule has 1 saturated carbocycles. The third-order valence-electron chi connectivity index (χ3n) is 11.0. The summed E-state index contributed by atoms with van der Waals surface area (Å²) in [5.74, 6) is 2.31. The maximum Gasteiger partial charge on any atom is 0.318 e. The van der Waals surface area contributed by atoms with Crippen LogP contribution in [0.25, 0.3) is 16.8 Å². The highest BCUT2D eigenvalue weighted by Crippen LogP contribution is 2.39. The monoisotopic (exact) mass is 714 g/mol. The molecule has 0 N–H and O–H groups in total. The van der Waals surface area contributed by atoms with Crippen molar-refractivity contribution in [3.63, 3.8) is 0 Å². The van der Waals surface area contributed by atoms with Crippen LogP contribution in [0.4, 0.5) is 15.9 Å². The molecule has 9 rings (SSSR count). The van der Waals surface area contributed by atoms with Gasteiger partial charge in [-0.2, -0.15) is 15.0 Å². The number of benzene rings is 2. The highest BCUT2D eigenvalue weighted by molar-refractivity contribution is 6.36. The Morgan fingerprint density at radius 1 is 1.06 bits per heavy atom. The molecule has 5 aliphatic rings. The minimum absolute atomic E-state index is 0.0660. The highest BCUT2D eigenvalue weighted by atomic mass is 35.5. The lowest BCUT2D eigenvalue weighted by Gasteiger charge is -2.34. The molecule has 51 heavy (non-hydrogen) atoms. The van der Waals surface area contributed by atoms with Gasteiger partial charge in [0.15, 0.2) is 5.82 Å². The van der Waals surface area contributed by atoms with E-state index in [0.717, 1.165) is 89.6 Å². The Labute approximate surface area is 302 Å². The lowest BCUT2D eigenvalue weighted by Crippen LogP contribution is -2.39. The van der Waals surface area contributed by atoms with Gasteiger partial charge in [-0.1, -0.05) is 41.0 Å². The number of likely N-dealkylation sites (tertiary alicyclic amines) is 1. The third-order valence-corrected chi connectivity index (χ3v) is 11.3. The number of carbonyl (C=O) groups is 1. The van der Waals surface area contributed by atoms with Crippen LogP contribution in [-0.2, 0) is 17.8 Å². The number of halogens is 2. The number of aromatic nitrogens is 4. The number of rotatable bonds is 7. The van der Waals surface area contributed by atoms with Crippen molar-refractivity contribution in [1.82, 2.24) is 29.9 Å². The van der Waals surface area contributed by atoms with Crippen LogP contribution in [0, 0.1) is 0 Å². The van der Waals surface area contributed by atoms with Gasteiger partial charge in [-0.3, -0.25) is 9.69 Å². The fourth-order valence-corrected chi connectivity index (χ4v) is 8.32. The van der Waals surface area contributed by atoms with E-state index < -0.39 is 6.17 Å². The second-order valence-corrected chi connectivity index (χ2v) is 14.7. The third kappa shape index (κ3) is 7.13. The number of alkyl halides is 1. The van der Waals surface area contributed by atoms with Gasteiger partial charge in [-0.15, -0.1) is 0 Å². The molecule has 0 spiro atoms. The van der Waals surface area contributed by atoms with Crippen molar-refractivity contribution in [3.05, 3.63) is 70.5 Å². The number of hydrogen-bond acceptors (Lipinski definition) is 10. The average molecular weight is 715 g/mol. The number of amides is 1. The van der Waals surface area contributed by atoms with Crippen molar-refractivity contribution in [2.24, 2.45) is 0 Å². The summed E-state index contributed by atoms with van der Waals surface area (Å²) >= 11 is 6.65. The van der Waals surface area contributed by atoms with Crippen LogP contribution < -0.4 is 14.5 Å². The van der Waals surface area contributed by atoms with Gasteiger partial charge >= 0.3 is 6.01 Å². The summed E-state index contributed by atoms with van der Waals surface area (Å²) in [5, 5.41) is 6.92. The molecule has 1 amide bonds. The molecule has 268 valence electrons. The number of fused-ring (bicyclic) bond motifs is 3. The summed E-state index contributed by atoms with van der Waals surface area (Å²) in [6.07, 6.45) is 9.77. The van der Waals surface area contributed by atoms with E-state index >= 15 is 0 Å². The molecule has 13 heteroatoms. The summed E-state index contributed by atoms with van der Waals surface area (Å²) in [6, 6.07) is 13.3. The molecule has 11 nitrogen and oxygen atoms in total. The summed E-state index contributed by atoms with van der Waals surface area (Å²) in [5.41, 5.74) is 3.16. The van der Waals surface area contributed by atoms with Crippen LogP contribution in [0.2, 0.25) is 5.02 Å². The summed E-state index contributed by atoms with van der Waals surface area (Å²) in [4.78, 5) is 35.5. The van der Waals surface area contributed by atoms with Gasteiger partial charge in [-0.25, -0.2) is 4.39 Å². The maximum absolute atomic E-state index is 13.0. The minimum Gasteiger partial charge on any atom is -0.467 e. The second-order valence-electron chi connectivity index (χ2n) is 14.3. The van der Waals surface area contributed by atoms with Crippen molar-refractivity contribution >= 4 is 45.9 Å². The molecular formula is C38H44ClFN8O3. The molecule has 0 bridgehead atoms. The molecule has 3 unspecified atom stereocenters. The molecule has 6 heterocycles. The molecule has 2 aromatic carbocycles. The van der Waals surface area contributed by atoms with E-state index in [1.807, 2.05) is 24.1 Å². The summed E-state index contributed by atoms with van der Waals surface area (Å²) in [6.45, 7) is 4.55. The lowest BCUT2D eigenvalue weighted by atomic mass is 10.0. The van der Waals surface area contributed by atoms with Crippen LogP contribution >= 0.6 is 11.6 Å². The Balaban J connectivity index is 0.000000359. The number of ether oxygens (including phenoxy) is 1. The van der Waals surface area contributed by atoms with E-state index in [9.17, 15) is 9.18 Å². The lowest BCUT2D eigenvalue weighted by molar-refractivity contribution is -0.124. The van der Waals surface area contributed by atoms with Crippen molar-refractivity contribution in [2.75, 3.05) is 56.7 Å². The predicted molar refractivity (Wildman–Crippen MR) is 195 cm³/mol. The van der Waals surface area contributed by atoms with Gasteiger partial charge in [0.1, 0.15) is 12.0 Å². The second kappa shape index (κ2) is 14.4. The van der Waals surface area contributed by atoms with Gasteiger partial charge in [0.2, 0.25) is 5.91 Å². The first kappa shape index (κ1) is 33.8. The average Bonchev–Trinajstić information content (AvgIpc) is 3.48. The van der Waals surface area contributed by atoms with E-state index in [1.54, 1.807) is 13.2 Å². The number of carbonyl (C=O) groups excluding carboxylic acids is 1.